The van der Waals surface area contributed by atoms with Crippen LogP contribution in [0.3, 0.4) is 0 Å². The molecule has 0 amide bonds. The van der Waals surface area contributed by atoms with Crippen LogP contribution in [0.25, 0.3) is 0 Å². The van der Waals surface area contributed by atoms with Gasteiger partial charge in [-0.05, 0) is 85.9 Å². The van der Waals surface area contributed by atoms with Gasteiger partial charge in [0.05, 0.1) is 0 Å². The lowest BCUT2D eigenvalue weighted by Crippen LogP contribution is -2.58. The molecule has 0 bridgehead atoms. The first kappa shape index (κ1) is 17.0. The second-order valence-corrected chi connectivity index (χ2v) is 10.9. The van der Waals surface area contributed by atoms with Crippen LogP contribution < -0.4 is 0 Å². The molecular formula is C23H36O. The highest BCUT2D eigenvalue weighted by atomic mass is 16.3. The van der Waals surface area contributed by atoms with Crippen LogP contribution in [-0.4, -0.2) is 10.7 Å². The van der Waals surface area contributed by atoms with E-state index in [1.165, 1.54) is 38.5 Å². The van der Waals surface area contributed by atoms with Crippen LogP contribution in [0, 0.1) is 52.3 Å². The van der Waals surface area contributed by atoms with Crippen LogP contribution in [0.1, 0.15) is 85.5 Å². The van der Waals surface area contributed by atoms with E-state index in [0.29, 0.717) is 16.7 Å². The summed E-state index contributed by atoms with van der Waals surface area (Å²) >= 11 is 0. The number of hydrogen-bond donors (Lipinski definition) is 1. The Kier molecular flexibility index (Phi) is 3.56. The maximum Gasteiger partial charge on any atom is 0.130 e. The zero-order valence-electron chi connectivity index (χ0n) is 16.2. The van der Waals surface area contributed by atoms with Gasteiger partial charge in [-0.2, -0.15) is 0 Å². The van der Waals surface area contributed by atoms with E-state index in [-0.39, 0.29) is 5.41 Å². The molecule has 0 aromatic carbocycles. The highest BCUT2D eigenvalue weighted by Crippen LogP contribution is 2.70. The zero-order valence-corrected chi connectivity index (χ0v) is 16.2. The van der Waals surface area contributed by atoms with E-state index in [4.69, 9.17) is 6.42 Å². The van der Waals surface area contributed by atoms with E-state index in [9.17, 15) is 5.11 Å². The third-order valence-electron chi connectivity index (χ3n) is 9.74. The van der Waals surface area contributed by atoms with Crippen LogP contribution in [0.2, 0.25) is 0 Å². The van der Waals surface area contributed by atoms with Gasteiger partial charge in [-0.25, -0.2) is 0 Å². The van der Waals surface area contributed by atoms with E-state index in [1.807, 2.05) is 0 Å². The summed E-state index contributed by atoms with van der Waals surface area (Å²) in [6, 6.07) is 0. The molecule has 7 atom stereocenters. The molecule has 134 valence electrons. The molecule has 4 aliphatic carbocycles. The van der Waals surface area contributed by atoms with Crippen molar-refractivity contribution in [1.29, 1.82) is 0 Å². The number of hydrogen-bond acceptors (Lipinski definition) is 1. The van der Waals surface area contributed by atoms with Gasteiger partial charge in [0, 0.05) is 5.41 Å². The summed E-state index contributed by atoms with van der Waals surface area (Å²) in [7, 11) is 0. The summed E-state index contributed by atoms with van der Waals surface area (Å²) in [5, 5.41) is 11.1. The lowest BCUT2D eigenvalue weighted by Gasteiger charge is -2.64. The van der Waals surface area contributed by atoms with Crippen molar-refractivity contribution in [2.45, 2.75) is 91.1 Å². The van der Waals surface area contributed by atoms with Gasteiger partial charge >= 0.3 is 0 Å². The Morgan fingerprint density at radius 1 is 0.875 bits per heavy atom. The molecular weight excluding hydrogens is 292 g/mol. The normalized spacial score (nSPS) is 55.8. The van der Waals surface area contributed by atoms with Crippen molar-refractivity contribution in [3.63, 3.8) is 0 Å². The first-order valence-corrected chi connectivity index (χ1v) is 10.4. The molecule has 4 fully saturated rings. The van der Waals surface area contributed by atoms with Gasteiger partial charge in [-0.15, -0.1) is 6.42 Å². The molecule has 4 rings (SSSR count). The summed E-state index contributed by atoms with van der Waals surface area (Å²) in [4.78, 5) is 0. The molecule has 1 heteroatoms. The Morgan fingerprint density at radius 2 is 1.58 bits per heavy atom. The monoisotopic (exact) mass is 328 g/mol. The predicted octanol–water partition coefficient (Wildman–Crippen LogP) is 5.42. The molecule has 1 nitrogen and oxygen atoms in total. The van der Waals surface area contributed by atoms with E-state index in [1.54, 1.807) is 0 Å². The number of fused-ring (bicyclic) bond motifs is 5. The highest BCUT2D eigenvalue weighted by molar-refractivity contribution is 5.23. The van der Waals surface area contributed by atoms with Crippen molar-refractivity contribution < 1.29 is 5.11 Å². The van der Waals surface area contributed by atoms with Crippen molar-refractivity contribution in [2.75, 3.05) is 0 Å². The second-order valence-electron chi connectivity index (χ2n) is 10.9. The minimum absolute atomic E-state index is 0.0453. The molecule has 0 heterocycles. The molecule has 0 saturated heterocycles. The smallest absolute Gasteiger partial charge is 0.130 e. The summed E-state index contributed by atoms with van der Waals surface area (Å²) in [6.07, 6.45) is 17.2. The average Bonchev–Trinajstić information content (AvgIpc) is 2.79. The van der Waals surface area contributed by atoms with Crippen molar-refractivity contribution >= 4 is 0 Å². The fraction of sp³-hybridized carbons (Fsp3) is 0.913. The second kappa shape index (κ2) is 5.03. The maximum absolute atomic E-state index is 11.1. The predicted molar refractivity (Wildman–Crippen MR) is 99.3 cm³/mol. The van der Waals surface area contributed by atoms with Crippen LogP contribution in [0.15, 0.2) is 0 Å². The summed E-state index contributed by atoms with van der Waals surface area (Å²) < 4.78 is 0. The summed E-state index contributed by atoms with van der Waals surface area (Å²) in [5.74, 6) is 5.98. The van der Waals surface area contributed by atoms with Gasteiger partial charge in [-0.1, -0.05) is 40.0 Å². The topological polar surface area (TPSA) is 20.2 Å². The minimum Gasteiger partial charge on any atom is -0.377 e. The lowest BCUT2D eigenvalue weighted by atomic mass is 9.41. The fourth-order valence-corrected chi connectivity index (χ4v) is 8.45. The standard InChI is InChI=1S/C23H36O/c1-6-23(24)15-11-18-16-8-9-19-20(2,3)12-7-13-21(19,4)17(16)10-14-22(18,23)5/h1,16-19,24H,7-15H2,2-5H3/t16-,17+,18-,19-,21-,22+,23+/m1/s1. The molecule has 0 aromatic rings. The van der Waals surface area contributed by atoms with Crippen molar-refractivity contribution in [1.82, 2.24) is 0 Å². The zero-order chi connectivity index (χ0) is 17.4. The Balaban J connectivity index is 1.68. The Hall–Kier alpha value is -0.480. The van der Waals surface area contributed by atoms with Crippen molar-refractivity contribution in [3.8, 4) is 12.3 Å². The van der Waals surface area contributed by atoms with E-state index < -0.39 is 5.60 Å². The number of aliphatic hydroxyl groups is 1. The van der Waals surface area contributed by atoms with Crippen LogP contribution in [-0.2, 0) is 0 Å². The average molecular weight is 329 g/mol. The van der Waals surface area contributed by atoms with Gasteiger partial charge in [-0.3, -0.25) is 0 Å². The fourth-order valence-electron chi connectivity index (χ4n) is 8.45. The number of rotatable bonds is 0. The Bertz CT molecular complexity index is 571. The van der Waals surface area contributed by atoms with Crippen LogP contribution >= 0.6 is 0 Å². The SMILES string of the molecule is C#C[C@]1(O)CC[C@@H]2[C@@H]3CC[C@@H]4C(C)(C)CCC[C@]4(C)[C@H]3CC[C@@]21C. The van der Waals surface area contributed by atoms with E-state index in [0.717, 1.165) is 37.0 Å². The van der Waals surface area contributed by atoms with Crippen molar-refractivity contribution in [2.24, 2.45) is 39.9 Å². The third kappa shape index (κ3) is 1.93. The summed E-state index contributed by atoms with van der Waals surface area (Å²) in [5.41, 5.74) is 0.124. The summed E-state index contributed by atoms with van der Waals surface area (Å²) in [6.45, 7) is 9.98. The quantitative estimate of drug-likeness (QED) is 0.589. The van der Waals surface area contributed by atoms with Crippen LogP contribution in [0.5, 0.6) is 0 Å². The van der Waals surface area contributed by atoms with Gasteiger partial charge in [0.1, 0.15) is 5.60 Å². The largest absolute Gasteiger partial charge is 0.377 e. The minimum atomic E-state index is -0.855. The molecule has 0 aliphatic heterocycles. The third-order valence-corrected chi connectivity index (χ3v) is 9.74. The van der Waals surface area contributed by atoms with Gasteiger partial charge in [0.25, 0.3) is 0 Å². The molecule has 0 unspecified atom stereocenters. The molecule has 0 spiro atoms. The van der Waals surface area contributed by atoms with Gasteiger partial charge in [0.2, 0.25) is 0 Å². The van der Waals surface area contributed by atoms with Crippen LogP contribution in [0.4, 0.5) is 0 Å². The first-order chi connectivity index (χ1) is 11.2. The van der Waals surface area contributed by atoms with Crippen molar-refractivity contribution in [3.05, 3.63) is 0 Å². The molecule has 24 heavy (non-hydrogen) atoms. The van der Waals surface area contributed by atoms with E-state index in [2.05, 4.69) is 33.6 Å². The molecule has 1 N–H and O–H groups in total. The first-order valence-electron chi connectivity index (χ1n) is 10.4. The Morgan fingerprint density at radius 3 is 2.29 bits per heavy atom. The molecule has 0 radical (unpaired) electrons. The Labute approximate surface area is 149 Å². The lowest BCUT2D eigenvalue weighted by molar-refractivity contribution is -0.159. The van der Waals surface area contributed by atoms with Gasteiger partial charge in [0.15, 0.2) is 0 Å². The molecule has 4 saturated carbocycles. The number of terminal acetylenes is 1. The van der Waals surface area contributed by atoms with E-state index >= 15 is 0 Å². The molecule has 0 aromatic heterocycles. The highest BCUT2D eigenvalue weighted by Gasteiger charge is 2.65. The maximum atomic E-state index is 11.1. The van der Waals surface area contributed by atoms with Gasteiger partial charge < -0.3 is 5.11 Å². The molecule has 4 aliphatic rings.